The molecular weight excluding hydrogens is 308 g/mol. The molecule has 0 radical (unpaired) electrons. The van der Waals surface area contributed by atoms with Gasteiger partial charge in [0.15, 0.2) is 5.82 Å². The van der Waals surface area contributed by atoms with E-state index in [2.05, 4.69) is 21.1 Å². The zero-order valence-electron chi connectivity index (χ0n) is 13.6. The lowest BCUT2D eigenvalue weighted by Crippen LogP contribution is -2.31. The maximum atomic E-state index is 12.1. The van der Waals surface area contributed by atoms with E-state index in [9.17, 15) is 9.59 Å². The first kappa shape index (κ1) is 16.0. The van der Waals surface area contributed by atoms with Gasteiger partial charge in [0.1, 0.15) is 11.8 Å². The maximum absolute atomic E-state index is 12.1. The zero-order valence-corrected chi connectivity index (χ0v) is 13.6. The van der Waals surface area contributed by atoms with Crippen LogP contribution in [0.4, 0.5) is 17.2 Å². The predicted molar refractivity (Wildman–Crippen MR) is 90.8 cm³/mol. The van der Waals surface area contributed by atoms with Gasteiger partial charge in [0.25, 0.3) is 0 Å². The van der Waals surface area contributed by atoms with Gasteiger partial charge in [-0.3, -0.25) is 9.59 Å². The summed E-state index contributed by atoms with van der Waals surface area (Å²) < 4.78 is 4.91. The molecule has 1 aliphatic rings. The van der Waals surface area contributed by atoms with Crippen molar-refractivity contribution in [1.29, 1.82) is 0 Å². The highest BCUT2D eigenvalue weighted by Crippen LogP contribution is 2.30. The molecule has 3 N–H and O–H groups in total. The fraction of sp³-hybridized carbons (Fsp3) is 0.353. The van der Waals surface area contributed by atoms with E-state index in [-0.39, 0.29) is 17.7 Å². The Bertz CT molecular complexity index is 735. The van der Waals surface area contributed by atoms with E-state index in [1.54, 1.807) is 19.9 Å². The molecule has 0 aliphatic heterocycles. The summed E-state index contributed by atoms with van der Waals surface area (Å²) in [6.45, 7) is 3.51. The average molecular weight is 328 g/mol. The second-order valence-electron chi connectivity index (χ2n) is 6.02. The zero-order chi connectivity index (χ0) is 17.1. The molecule has 1 aromatic heterocycles. The summed E-state index contributed by atoms with van der Waals surface area (Å²) in [6, 6.07) is 8.48. The van der Waals surface area contributed by atoms with Gasteiger partial charge in [-0.1, -0.05) is 5.16 Å². The van der Waals surface area contributed by atoms with E-state index in [0.717, 1.165) is 24.2 Å². The Kier molecular flexibility index (Phi) is 4.50. The Hall–Kier alpha value is -2.83. The first-order valence-corrected chi connectivity index (χ1v) is 7.93. The monoisotopic (exact) mass is 328 g/mol. The molecule has 2 amide bonds. The third kappa shape index (κ3) is 4.13. The lowest BCUT2D eigenvalue weighted by atomic mass is 10.2. The third-order valence-corrected chi connectivity index (χ3v) is 3.76. The lowest BCUT2D eigenvalue weighted by Gasteiger charge is -2.14. The summed E-state index contributed by atoms with van der Waals surface area (Å²) in [4.78, 5) is 23.8. The summed E-state index contributed by atoms with van der Waals surface area (Å²) in [5.41, 5.74) is 1.55. The highest BCUT2D eigenvalue weighted by Gasteiger charge is 2.29. The lowest BCUT2D eigenvalue weighted by molar-refractivity contribution is -0.117. The fourth-order valence-electron chi connectivity index (χ4n) is 2.21. The summed E-state index contributed by atoms with van der Waals surface area (Å²) in [6.07, 6.45) is 1.95. The molecule has 2 aromatic rings. The Morgan fingerprint density at radius 1 is 1.17 bits per heavy atom. The van der Waals surface area contributed by atoms with Gasteiger partial charge in [-0.2, -0.15) is 0 Å². The molecule has 0 bridgehead atoms. The average Bonchev–Trinajstić information content (AvgIpc) is 3.33. The van der Waals surface area contributed by atoms with Crippen LogP contribution in [-0.2, 0) is 9.59 Å². The number of nitrogens with zero attached hydrogens (tertiary/aromatic N) is 1. The summed E-state index contributed by atoms with van der Waals surface area (Å²) in [5, 5.41) is 12.4. The topological polar surface area (TPSA) is 96.3 Å². The molecule has 0 saturated heterocycles. The molecule has 126 valence electrons. The van der Waals surface area contributed by atoms with E-state index >= 15 is 0 Å². The van der Waals surface area contributed by atoms with Crippen LogP contribution in [0.5, 0.6) is 0 Å². The van der Waals surface area contributed by atoms with Crippen molar-refractivity contribution in [2.45, 2.75) is 32.7 Å². The van der Waals surface area contributed by atoms with Gasteiger partial charge >= 0.3 is 0 Å². The summed E-state index contributed by atoms with van der Waals surface area (Å²) >= 11 is 0. The normalized spacial score (nSPS) is 14.8. The largest absolute Gasteiger partial charge is 0.374 e. The fourth-order valence-corrected chi connectivity index (χ4v) is 2.21. The van der Waals surface area contributed by atoms with Gasteiger partial charge in [-0.05, 0) is 51.0 Å². The van der Waals surface area contributed by atoms with Gasteiger partial charge in [0.05, 0.1) is 0 Å². The molecule has 1 atom stereocenters. The molecule has 1 aromatic carbocycles. The van der Waals surface area contributed by atoms with Gasteiger partial charge in [-0.15, -0.1) is 0 Å². The smallest absolute Gasteiger partial charge is 0.247 e. The maximum Gasteiger partial charge on any atom is 0.247 e. The quantitative estimate of drug-likeness (QED) is 0.758. The number of amides is 2. The number of aromatic nitrogens is 1. The van der Waals surface area contributed by atoms with E-state index in [4.69, 9.17) is 4.52 Å². The van der Waals surface area contributed by atoms with Crippen LogP contribution in [0.3, 0.4) is 0 Å². The highest BCUT2D eigenvalue weighted by molar-refractivity contribution is 5.96. The summed E-state index contributed by atoms with van der Waals surface area (Å²) in [7, 11) is 0. The van der Waals surface area contributed by atoms with Gasteiger partial charge in [0.2, 0.25) is 11.8 Å². The number of carbonyl (C=O) groups excluding carboxylic acids is 2. The number of aryl methyl sites for hydroxylation is 1. The van der Waals surface area contributed by atoms with E-state index in [1.807, 2.05) is 24.3 Å². The van der Waals surface area contributed by atoms with Crippen molar-refractivity contribution in [3.8, 4) is 0 Å². The van der Waals surface area contributed by atoms with Crippen LogP contribution < -0.4 is 16.0 Å². The second-order valence-corrected chi connectivity index (χ2v) is 6.02. The molecule has 0 spiro atoms. The standard InChI is InChI=1S/C17H20N4O3/c1-10-9-15(21-24-10)20-16(22)11(2)18-13-5-7-14(8-6-13)19-17(23)12-3-4-12/h5-9,11-12,18H,3-4H2,1-2H3,(H,19,23)(H,20,21,22). The molecule has 7 heteroatoms. The minimum Gasteiger partial charge on any atom is -0.374 e. The molecule has 1 fully saturated rings. The van der Waals surface area contributed by atoms with Crippen LogP contribution >= 0.6 is 0 Å². The number of benzene rings is 1. The Morgan fingerprint density at radius 3 is 2.42 bits per heavy atom. The predicted octanol–water partition coefficient (Wildman–Crippen LogP) is 2.77. The number of hydrogen-bond donors (Lipinski definition) is 3. The second kappa shape index (κ2) is 6.74. The van der Waals surface area contributed by atoms with Crippen molar-refractivity contribution in [1.82, 2.24) is 5.16 Å². The van der Waals surface area contributed by atoms with Crippen LogP contribution in [0.1, 0.15) is 25.5 Å². The minimum absolute atomic E-state index is 0.0753. The Morgan fingerprint density at radius 2 is 1.83 bits per heavy atom. The van der Waals surface area contributed by atoms with Crippen LogP contribution in [0.25, 0.3) is 0 Å². The van der Waals surface area contributed by atoms with Gasteiger partial charge in [0, 0.05) is 23.4 Å². The minimum atomic E-state index is -0.450. The Labute approximate surface area is 139 Å². The van der Waals surface area contributed by atoms with Crippen LogP contribution in [0.2, 0.25) is 0 Å². The molecule has 3 rings (SSSR count). The number of rotatable bonds is 6. The van der Waals surface area contributed by atoms with Crippen molar-refractivity contribution in [3.05, 3.63) is 36.1 Å². The number of hydrogen-bond acceptors (Lipinski definition) is 5. The molecule has 1 unspecified atom stereocenters. The van der Waals surface area contributed by atoms with Crippen molar-refractivity contribution < 1.29 is 14.1 Å². The third-order valence-electron chi connectivity index (χ3n) is 3.76. The molecular formula is C17H20N4O3. The highest BCUT2D eigenvalue weighted by atomic mass is 16.5. The van der Waals surface area contributed by atoms with Crippen LogP contribution in [0, 0.1) is 12.8 Å². The number of carbonyl (C=O) groups is 2. The molecule has 1 saturated carbocycles. The van der Waals surface area contributed by atoms with Crippen molar-refractivity contribution >= 4 is 29.0 Å². The van der Waals surface area contributed by atoms with Crippen molar-refractivity contribution in [2.24, 2.45) is 5.92 Å². The first-order chi connectivity index (χ1) is 11.5. The molecule has 24 heavy (non-hydrogen) atoms. The summed E-state index contributed by atoms with van der Waals surface area (Å²) in [5.74, 6) is 1.06. The van der Waals surface area contributed by atoms with Gasteiger partial charge in [-0.25, -0.2) is 0 Å². The van der Waals surface area contributed by atoms with Gasteiger partial charge < -0.3 is 20.5 Å². The first-order valence-electron chi connectivity index (χ1n) is 7.93. The number of anilines is 3. The van der Waals surface area contributed by atoms with Crippen molar-refractivity contribution in [2.75, 3.05) is 16.0 Å². The van der Waals surface area contributed by atoms with E-state index < -0.39 is 6.04 Å². The van der Waals surface area contributed by atoms with Crippen LogP contribution in [0.15, 0.2) is 34.9 Å². The Balaban J connectivity index is 1.52. The molecule has 7 nitrogen and oxygen atoms in total. The van der Waals surface area contributed by atoms with Crippen LogP contribution in [-0.4, -0.2) is 23.0 Å². The molecule has 1 aliphatic carbocycles. The number of nitrogens with one attached hydrogen (secondary N) is 3. The molecule has 1 heterocycles. The van der Waals surface area contributed by atoms with Crippen molar-refractivity contribution in [3.63, 3.8) is 0 Å². The SMILES string of the molecule is Cc1cc(NC(=O)C(C)Nc2ccc(NC(=O)C3CC3)cc2)no1. The van der Waals surface area contributed by atoms with E-state index in [0.29, 0.717) is 11.6 Å². The van der Waals surface area contributed by atoms with E-state index in [1.165, 1.54) is 0 Å².